The Balaban J connectivity index is 2.11. The molecule has 0 saturated heterocycles. The van der Waals surface area contributed by atoms with Crippen molar-refractivity contribution in [3.63, 3.8) is 0 Å². The topological polar surface area (TPSA) is 17.8 Å². The smallest absolute Gasteiger partial charge is 0.123 e. The van der Waals surface area contributed by atoms with Crippen molar-refractivity contribution in [1.82, 2.24) is 9.55 Å². The lowest BCUT2D eigenvalue weighted by molar-refractivity contribution is 0.396. The van der Waals surface area contributed by atoms with Gasteiger partial charge in [0.2, 0.25) is 0 Å². The Morgan fingerprint density at radius 2 is 2.00 bits per heavy atom. The predicted molar refractivity (Wildman–Crippen MR) is 69.8 cm³/mol. The SMILES string of the molecule is Cc1nc2n(c1-c1ccc(F)cc1)CC(C)CC2. The minimum atomic E-state index is -0.192. The van der Waals surface area contributed by atoms with Crippen LogP contribution < -0.4 is 0 Å². The van der Waals surface area contributed by atoms with Gasteiger partial charge in [0.1, 0.15) is 11.6 Å². The molecule has 2 heterocycles. The van der Waals surface area contributed by atoms with Crippen molar-refractivity contribution in [3.8, 4) is 11.3 Å². The van der Waals surface area contributed by atoms with Gasteiger partial charge >= 0.3 is 0 Å². The first-order chi connectivity index (χ1) is 8.65. The zero-order chi connectivity index (χ0) is 12.7. The highest BCUT2D eigenvalue weighted by molar-refractivity contribution is 5.63. The second kappa shape index (κ2) is 4.23. The van der Waals surface area contributed by atoms with E-state index in [-0.39, 0.29) is 5.82 Å². The Hall–Kier alpha value is -1.64. The van der Waals surface area contributed by atoms with Gasteiger partial charge in [-0.2, -0.15) is 0 Å². The fourth-order valence-electron chi connectivity index (χ4n) is 2.77. The first kappa shape index (κ1) is 11.5. The summed E-state index contributed by atoms with van der Waals surface area (Å²) in [6.07, 6.45) is 2.25. The highest BCUT2D eigenvalue weighted by Gasteiger charge is 2.21. The van der Waals surface area contributed by atoms with Gasteiger partial charge in [0, 0.05) is 18.5 Å². The molecular formula is C15H17FN2. The van der Waals surface area contributed by atoms with E-state index in [1.165, 1.54) is 24.4 Å². The summed E-state index contributed by atoms with van der Waals surface area (Å²) in [6, 6.07) is 6.71. The van der Waals surface area contributed by atoms with Crippen molar-refractivity contribution in [2.45, 2.75) is 33.2 Å². The zero-order valence-electron chi connectivity index (χ0n) is 10.8. The van der Waals surface area contributed by atoms with E-state index < -0.39 is 0 Å². The van der Waals surface area contributed by atoms with Gasteiger partial charge in [-0.3, -0.25) is 0 Å². The molecule has 3 heteroatoms. The third-order valence-electron chi connectivity index (χ3n) is 3.69. The molecule has 1 atom stereocenters. The van der Waals surface area contributed by atoms with Crippen LogP contribution in [-0.4, -0.2) is 9.55 Å². The molecule has 1 aliphatic heterocycles. The van der Waals surface area contributed by atoms with Gasteiger partial charge in [-0.1, -0.05) is 6.92 Å². The van der Waals surface area contributed by atoms with Crippen LogP contribution in [-0.2, 0) is 13.0 Å². The third-order valence-corrected chi connectivity index (χ3v) is 3.69. The molecule has 0 spiro atoms. The second-order valence-electron chi connectivity index (χ2n) is 5.22. The van der Waals surface area contributed by atoms with E-state index in [4.69, 9.17) is 0 Å². The average Bonchev–Trinajstić information content (AvgIpc) is 2.66. The quantitative estimate of drug-likeness (QED) is 0.749. The molecule has 2 nitrogen and oxygen atoms in total. The molecule has 2 aromatic rings. The number of halogens is 1. The van der Waals surface area contributed by atoms with Crippen LogP contribution in [0.5, 0.6) is 0 Å². The molecule has 18 heavy (non-hydrogen) atoms. The maximum atomic E-state index is 13.0. The summed E-state index contributed by atoms with van der Waals surface area (Å²) in [5, 5.41) is 0. The summed E-state index contributed by atoms with van der Waals surface area (Å²) in [4.78, 5) is 4.65. The van der Waals surface area contributed by atoms with Crippen LogP contribution in [0.2, 0.25) is 0 Å². The molecule has 0 radical (unpaired) electrons. The minimum absolute atomic E-state index is 0.192. The molecule has 1 aromatic heterocycles. The van der Waals surface area contributed by atoms with Crippen molar-refractivity contribution in [3.05, 3.63) is 41.6 Å². The minimum Gasteiger partial charge on any atom is -0.328 e. The monoisotopic (exact) mass is 244 g/mol. The maximum absolute atomic E-state index is 13.0. The van der Waals surface area contributed by atoms with Gasteiger partial charge in [-0.25, -0.2) is 9.37 Å². The van der Waals surface area contributed by atoms with E-state index >= 15 is 0 Å². The van der Waals surface area contributed by atoms with E-state index in [0.717, 1.165) is 29.9 Å². The third kappa shape index (κ3) is 1.84. The molecule has 0 aliphatic carbocycles. The van der Waals surface area contributed by atoms with E-state index in [9.17, 15) is 4.39 Å². The number of aryl methyl sites for hydroxylation is 2. The van der Waals surface area contributed by atoms with E-state index in [0.29, 0.717) is 5.92 Å². The highest BCUT2D eigenvalue weighted by Crippen LogP contribution is 2.30. The molecule has 0 amide bonds. The number of fused-ring (bicyclic) bond motifs is 1. The van der Waals surface area contributed by atoms with Crippen LogP contribution >= 0.6 is 0 Å². The molecular weight excluding hydrogens is 227 g/mol. The number of nitrogens with zero attached hydrogens (tertiary/aromatic N) is 2. The molecule has 1 unspecified atom stereocenters. The highest BCUT2D eigenvalue weighted by atomic mass is 19.1. The molecule has 1 aliphatic rings. The van der Waals surface area contributed by atoms with E-state index in [1.54, 1.807) is 0 Å². The van der Waals surface area contributed by atoms with Crippen molar-refractivity contribution in [2.24, 2.45) is 5.92 Å². The number of aromatic nitrogens is 2. The summed E-state index contributed by atoms with van der Waals surface area (Å²) in [5.41, 5.74) is 3.25. The van der Waals surface area contributed by atoms with Gasteiger partial charge in [0.05, 0.1) is 11.4 Å². The Morgan fingerprint density at radius 3 is 2.72 bits per heavy atom. The number of hydrogen-bond donors (Lipinski definition) is 0. The maximum Gasteiger partial charge on any atom is 0.123 e. The van der Waals surface area contributed by atoms with Crippen LogP contribution in [0.4, 0.5) is 4.39 Å². The Labute approximate surface area is 106 Å². The first-order valence-electron chi connectivity index (χ1n) is 6.47. The molecule has 0 fully saturated rings. The average molecular weight is 244 g/mol. The number of hydrogen-bond acceptors (Lipinski definition) is 1. The second-order valence-corrected chi connectivity index (χ2v) is 5.22. The van der Waals surface area contributed by atoms with Crippen LogP contribution in [0.15, 0.2) is 24.3 Å². The molecule has 1 aromatic carbocycles. The lowest BCUT2D eigenvalue weighted by atomic mass is 10.0. The van der Waals surface area contributed by atoms with Crippen molar-refractivity contribution >= 4 is 0 Å². The number of benzene rings is 1. The standard InChI is InChI=1S/C15H17FN2/c1-10-3-8-14-17-11(2)15(18(14)9-10)12-4-6-13(16)7-5-12/h4-7,10H,3,8-9H2,1-2H3. The first-order valence-corrected chi connectivity index (χ1v) is 6.47. The predicted octanol–water partition coefficient (Wildman–Crippen LogP) is 3.58. The van der Waals surface area contributed by atoms with E-state index in [2.05, 4.69) is 16.5 Å². The normalized spacial score (nSPS) is 18.7. The lowest BCUT2D eigenvalue weighted by Gasteiger charge is -2.22. The Kier molecular flexibility index (Phi) is 2.69. The Bertz CT molecular complexity index is 569. The van der Waals surface area contributed by atoms with E-state index in [1.807, 2.05) is 19.1 Å². The summed E-state index contributed by atoms with van der Waals surface area (Å²) in [6.45, 7) is 5.32. The van der Waals surface area contributed by atoms with Gasteiger partial charge in [0.15, 0.2) is 0 Å². The van der Waals surface area contributed by atoms with Crippen molar-refractivity contribution in [2.75, 3.05) is 0 Å². The van der Waals surface area contributed by atoms with Crippen LogP contribution in [0.1, 0.15) is 24.9 Å². The van der Waals surface area contributed by atoms with Crippen LogP contribution in [0.25, 0.3) is 11.3 Å². The summed E-state index contributed by atoms with van der Waals surface area (Å²) in [5.74, 6) is 1.67. The summed E-state index contributed by atoms with van der Waals surface area (Å²) >= 11 is 0. The largest absolute Gasteiger partial charge is 0.328 e. The molecule has 0 bridgehead atoms. The molecule has 94 valence electrons. The number of rotatable bonds is 1. The molecule has 3 rings (SSSR count). The summed E-state index contributed by atoms with van der Waals surface area (Å²) in [7, 11) is 0. The van der Waals surface area contributed by atoms with Gasteiger partial charge in [0.25, 0.3) is 0 Å². The van der Waals surface area contributed by atoms with Crippen molar-refractivity contribution < 1.29 is 4.39 Å². The van der Waals surface area contributed by atoms with Crippen LogP contribution in [0.3, 0.4) is 0 Å². The zero-order valence-corrected chi connectivity index (χ0v) is 10.8. The lowest BCUT2D eigenvalue weighted by Crippen LogP contribution is -2.18. The van der Waals surface area contributed by atoms with Gasteiger partial charge < -0.3 is 4.57 Å². The fraction of sp³-hybridized carbons (Fsp3) is 0.400. The fourth-order valence-corrected chi connectivity index (χ4v) is 2.77. The van der Waals surface area contributed by atoms with Gasteiger partial charge in [-0.15, -0.1) is 0 Å². The Morgan fingerprint density at radius 1 is 1.28 bits per heavy atom. The van der Waals surface area contributed by atoms with Crippen LogP contribution in [0, 0.1) is 18.7 Å². The molecule has 0 saturated carbocycles. The summed E-state index contributed by atoms with van der Waals surface area (Å²) < 4.78 is 15.3. The number of imidazole rings is 1. The van der Waals surface area contributed by atoms with Gasteiger partial charge in [-0.05, 0) is 43.5 Å². The van der Waals surface area contributed by atoms with Crippen molar-refractivity contribution in [1.29, 1.82) is 0 Å². The molecule has 0 N–H and O–H groups in total.